The summed E-state index contributed by atoms with van der Waals surface area (Å²) in [4.78, 5) is 15.8. The van der Waals surface area contributed by atoms with Gasteiger partial charge in [-0.25, -0.2) is 13.2 Å². The van der Waals surface area contributed by atoms with Crippen LogP contribution in [0.5, 0.6) is 5.75 Å². The maximum absolute atomic E-state index is 13.4. The molecule has 0 saturated carbocycles. The summed E-state index contributed by atoms with van der Waals surface area (Å²) in [5, 5.41) is 23.4. The van der Waals surface area contributed by atoms with Gasteiger partial charge in [0.1, 0.15) is 10.6 Å². The number of rotatable bonds is 5. The summed E-state index contributed by atoms with van der Waals surface area (Å²) in [6.45, 7) is 0.869. The number of carboxylic acid groups (broad SMARTS) is 1. The number of fused-ring (bicyclic) bond motifs is 1. The number of halogens is 1. The van der Waals surface area contributed by atoms with Crippen molar-refractivity contribution in [2.24, 2.45) is 0 Å². The lowest BCUT2D eigenvalue weighted by molar-refractivity contribution is 0.0697. The zero-order chi connectivity index (χ0) is 22.2. The van der Waals surface area contributed by atoms with Gasteiger partial charge in [-0.3, -0.25) is 4.98 Å². The largest absolute Gasteiger partial charge is 0.506 e. The number of nitrogens with one attached hydrogen (secondary N) is 1. The number of anilines is 2. The fraction of sp³-hybridized carbons (Fsp3) is 0.200. The highest BCUT2D eigenvalue weighted by molar-refractivity contribution is 7.89. The fourth-order valence-electron chi connectivity index (χ4n) is 3.37. The summed E-state index contributed by atoms with van der Waals surface area (Å²) in [6, 6.07) is 8.76. The number of phenols is 1. The van der Waals surface area contributed by atoms with Crippen molar-refractivity contribution in [3.8, 4) is 5.75 Å². The third-order valence-electron chi connectivity index (χ3n) is 4.91. The molecule has 11 heteroatoms. The molecule has 1 aromatic heterocycles. The van der Waals surface area contributed by atoms with Crippen LogP contribution in [0.2, 0.25) is 5.02 Å². The minimum Gasteiger partial charge on any atom is -0.506 e. The standard InChI is InChI=1S/C20H18ClN3O6S/c21-12-4-5-15-14(10-12)19(23-18-13(20(26)27)2-1-3-16(18)25)17(11-22-15)31(28,29)24-6-8-30-9-7-24/h1-5,10-11,25H,6-9H2,(H,22,23)(H,26,27). The minimum absolute atomic E-state index is 0.0722. The molecule has 0 amide bonds. The van der Waals surface area contributed by atoms with E-state index in [1.807, 2.05) is 0 Å². The summed E-state index contributed by atoms with van der Waals surface area (Å²) in [5.74, 6) is -1.63. The van der Waals surface area contributed by atoms with Gasteiger partial charge in [0, 0.05) is 29.7 Å². The molecule has 0 radical (unpaired) electrons. The first-order valence-electron chi connectivity index (χ1n) is 9.27. The van der Waals surface area contributed by atoms with Gasteiger partial charge >= 0.3 is 5.97 Å². The Morgan fingerprint density at radius 3 is 2.61 bits per heavy atom. The van der Waals surface area contributed by atoms with Crippen molar-refractivity contribution < 1.29 is 28.2 Å². The lowest BCUT2D eigenvalue weighted by Crippen LogP contribution is -2.40. The molecular formula is C20H18ClN3O6S. The molecule has 1 fully saturated rings. The van der Waals surface area contributed by atoms with E-state index in [0.717, 1.165) is 0 Å². The van der Waals surface area contributed by atoms with Crippen LogP contribution < -0.4 is 5.32 Å². The Morgan fingerprint density at radius 1 is 1.16 bits per heavy atom. The summed E-state index contributed by atoms with van der Waals surface area (Å²) in [6.07, 6.45) is 1.21. The number of hydrogen-bond donors (Lipinski definition) is 3. The van der Waals surface area contributed by atoms with Crippen LogP contribution in [0.25, 0.3) is 10.9 Å². The van der Waals surface area contributed by atoms with E-state index in [1.54, 1.807) is 12.1 Å². The minimum atomic E-state index is -4.01. The Balaban J connectivity index is 1.96. The molecule has 9 nitrogen and oxygen atoms in total. The second kappa shape index (κ2) is 8.31. The number of para-hydroxylation sites is 1. The Bertz CT molecular complexity index is 1280. The zero-order valence-electron chi connectivity index (χ0n) is 16.1. The van der Waals surface area contributed by atoms with Crippen LogP contribution in [-0.2, 0) is 14.8 Å². The molecule has 3 aromatic rings. The Labute approximate surface area is 182 Å². The number of carboxylic acids is 1. The number of phenolic OH excluding ortho intramolecular Hbond substituents is 1. The molecule has 1 aliphatic rings. The van der Waals surface area contributed by atoms with Crippen molar-refractivity contribution in [3.05, 3.63) is 53.2 Å². The number of carbonyl (C=O) groups is 1. The van der Waals surface area contributed by atoms with Gasteiger partial charge in [-0.2, -0.15) is 4.31 Å². The molecule has 1 saturated heterocycles. The first kappa shape index (κ1) is 21.3. The number of morpholine rings is 1. The highest BCUT2D eigenvalue weighted by Gasteiger charge is 2.31. The predicted octanol–water partition coefficient (Wildman–Crippen LogP) is 3.06. The molecule has 162 valence electrons. The van der Waals surface area contributed by atoms with Crippen LogP contribution in [0, 0.1) is 0 Å². The summed E-state index contributed by atoms with van der Waals surface area (Å²) >= 11 is 6.15. The molecule has 0 atom stereocenters. The molecule has 0 bridgehead atoms. The van der Waals surface area contributed by atoms with Gasteiger partial charge in [0.05, 0.1) is 35.7 Å². The quantitative estimate of drug-likeness (QED) is 0.492. The van der Waals surface area contributed by atoms with Gasteiger partial charge in [-0.15, -0.1) is 0 Å². The van der Waals surface area contributed by atoms with E-state index in [1.165, 1.54) is 34.8 Å². The van der Waals surface area contributed by atoms with Crippen molar-refractivity contribution in [1.29, 1.82) is 0 Å². The van der Waals surface area contributed by atoms with Crippen LogP contribution in [0.3, 0.4) is 0 Å². The maximum Gasteiger partial charge on any atom is 0.337 e. The Hall–Kier alpha value is -2.92. The van der Waals surface area contributed by atoms with Crippen LogP contribution in [-0.4, -0.2) is 60.2 Å². The second-order valence-electron chi connectivity index (χ2n) is 6.81. The molecule has 31 heavy (non-hydrogen) atoms. The fourth-order valence-corrected chi connectivity index (χ4v) is 5.06. The van der Waals surface area contributed by atoms with Crippen molar-refractivity contribution in [2.45, 2.75) is 4.90 Å². The number of ether oxygens (including phenoxy) is 1. The molecule has 0 unspecified atom stereocenters. The highest BCUT2D eigenvalue weighted by atomic mass is 35.5. The number of aromatic hydroxyl groups is 1. The SMILES string of the molecule is O=C(O)c1cccc(O)c1Nc1c(S(=O)(=O)N2CCOCC2)cnc2ccc(Cl)cc12. The lowest BCUT2D eigenvalue weighted by atomic mass is 10.1. The molecule has 1 aliphatic heterocycles. The van der Waals surface area contributed by atoms with Crippen LogP contribution in [0.15, 0.2) is 47.5 Å². The average molecular weight is 464 g/mol. The predicted molar refractivity (Wildman–Crippen MR) is 115 cm³/mol. The topological polar surface area (TPSA) is 129 Å². The highest BCUT2D eigenvalue weighted by Crippen LogP contribution is 2.38. The van der Waals surface area contributed by atoms with Gasteiger partial charge in [0.25, 0.3) is 0 Å². The number of aromatic carboxylic acids is 1. The summed E-state index contributed by atoms with van der Waals surface area (Å²) in [5.41, 5.74) is 0.158. The summed E-state index contributed by atoms with van der Waals surface area (Å²) in [7, 11) is -4.01. The molecular weight excluding hydrogens is 446 g/mol. The van der Waals surface area contributed by atoms with E-state index in [9.17, 15) is 23.4 Å². The van der Waals surface area contributed by atoms with Gasteiger partial charge in [-0.05, 0) is 30.3 Å². The number of hydrogen-bond acceptors (Lipinski definition) is 7. The van der Waals surface area contributed by atoms with Crippen molar-refractivity contribution in [2.75, 3.05) is 31.6 Å². The monoisotopic (exact) mass is 463 g/mol. The first-order valence-corrected chi connectivity index (χ1v) is 11.1. The smallest absolute Gasteiger partial charge is 0.337 e. The van der Waals surface area contributed by atoms with E-state index in [0.29, 0.717) is 15.9 Å². The van der Waals surface area contributed by atoms with E-state index >= 15 is 0 Å². The third kappa shape index (κ3) is 4.02. The average Bonchev–Trinajstić information content (AvgIpc) is 2.75. The Morgan fingerprint density at radius 2 is 1.90 bits per heavy atom. The van der Waals surface area contributed by atoms with Crippen LogP contribution in [0.4, 0.5) is 11.4 Å². The molecule has 2 heterocycles. The molecule has 0 aliphatic carbocycles. The van der Waals surface area contributed by atoms with E-state index in [2.05, 4.69) is 10.3 Å². The van der Waals surface area contributed by atoms with Crippen LogP contribution >= 0.6 is 11.6 Å². The number of benzene rings is 2. The Kier molecular flexibility index (Phi) is 5.71. The molecule has 4 rings (SSSR count). The number of aromatic nitrogens is 1. The van der Waals surface area contributed by atoms with Gasteiger partial charge in [-0.1, -0.05) is 17.7 Å². The van der Waals surface area contributed by atoms with Gasteiger partial charge in [0.15, 0.2) is 0 Å². The van der Waals surface area contributed by atoms with E-state index < -0.39 is 16.0 Å². The number of nitrogens with zero attached hydrogens (tertiary/aromatic N) is 2. The summed E-state index contributed by atoms with van der Waals surface area (Å²) < 4.78 is 33.3. The van der Waals surface area contributed by atoms with Gasteiger partial charge in [0.2, 0.25) is 10.0 Å². The molecule has 0 spiro atoms. The normalized spacial score (nSPS) is 15.1. The molecule has 2 aromatic carbocycles. The number of sulfonamides is 1. The maximum atomic E-state index is 13.4. The van der Waals surface area contributed by atoms with Crippen molar-refractivity contribution in [3.63, 3.8) is 0 Å². The third-order valence-corrected chi connectivity index (χ3v) is 7.05. The van der Waals surface area contributed by atoms with Crippen LogP contribution in [0.1, 0.15) is 10.4 Å². The number of pyridine rings is 1. The van der Waals surface area contributed by atoms with Crippen molar-refractivity contribution >= 4 is 49.9 Å². The van der Waals surface area contributed by atoms with E-state index in [-0.39, 0.29) is 53.9 Å². The zero-order valence-corrected chi connectivity index (χ0v) is 17.7. The van der Waals surface area contributed by atoms with Crippen molar-refractivity contribution in [1.82, 2.24) is 9.29 Å². The van der Waals surface area contributed by atoms with E-state index in [4.69, 9.17) is 16.3 Å². The van der Waals surface area contributed by atoms with Gasteiger partial charge < -0.3 is 20.3 Å². The first-order chi connectivity index (χ1) is 14.8. The molecule has 3 N–H and O–H groups in total. The lowest BCUT2D eigenvalue weighted by Gasteiger charge is -2.27. The second-order valence-corrected chi connectivity index (χ2v) is 9.15.